The van der Waals surface area contributed by atoms with Crippen LogP contribution >= 0.6 is 0 Å². The molecule has 0 saturated heterocycles. The first kappa shape index (κ1) is 10.5. The Morgan fingerprint density at radius 1 is 1.38 bits per heavy atom. The topological polar surface area (TPSA) is 43.1 Å². The lowest BCUT2D eigenvalue weighted by Crippen LogP contribution is -2.25. The average Bonchev–Trinajstić information content (AvgIpc) is 2.49. The van der Waals surface area contributed by atoms with Gasteiger partial charge in [-0.25, -0.2) is 0 Å². The van der Waals surface area contributed by atoms with E-state index in [2.05, 4.69) is 13.8 Å². The van der Waals surface area contributed by atoms with Gasteiger partial charge >= 0.3 is 0 Å². The Labute approximate surface area is 80.2 Å². The van der Waals surface area contributed by atoms with Gasteiger partial charge in [-0.2, -0.15) is 0 Å². The highest BCUT2D eigenvalue weighted by Crippen LogP contribution is 2.24. The molecule has 1 rings (SSSR count). The van der Waals surface area contributed by atoms with Crippen LogP contribution in [0.1, 0.15) is 27.2 Å². The highest BCUT2D eigenvalue weighted by Gasteiger charge is 2.27. The fourth-order valence-corrected chi connectivity index (χ4v) is 1.60. The van der Waals surface area contributed by atoms with E-state index in [0.717, 1.165) is 6.42 Å². The zero-order valence-corrected chi connectivity index (χ0v) is 8.66. The number of allylic oxidation sites excluding steroid dienone is 1. The van der Waals surface area contributed by atoms with Crippen LogP contribution in [-0.4, -0.2) is 11.8 Å². The van der Waals surface area contributed by atoms with E-state index < -0.39 is 0 Å². The van der Waals surface area contributed by atoms with E-state index in [4.69, 9.17) is 5.73 Å². The van der Waals surface area contributed by atoms with E-state index in [9.17, 15) is 4.79 Å². The van der Waals surface area contributed by atoms with Crippen LogP contribution in [0, 0.1) is 17.8 Å². The summed E-state index contributed by atoms with van der Waals surface area (Å²) in [4.78, 5) is 11.8. The standard InChI is InChI=1S/C11H19NO/c1-7(2)8(3)11(13)9-4-5-10(12)6-9/h4-5,7-10H,6,12H2,1-3H3. The summed E-state index contributed by atoms with van der Waals surface area (Å²) in [6, 6.07) is 0.0910. The average molecular weight is 181 g/mol. The van der Waals surface area contributed by atoms with Gasteiger partial charge in [0.25, 0.3) is 0 Å². The Kier molecular flexibility index (Phi) is 3.26. The van der Waals surface area contributed by atoms with Crippen molar-refractivity contribution in [2.45, 2.75) is 33.2 Å². The normalized spacial score (nSPS) is 29.6. The summed E-state index contributed by atoms with van der Waals surface area (Å²) >= 11 is 0. The van der Waals surface area contributed by atoms with E-state index in [0.29, 0.717) is 11.7 Å². The van der Waals surface area contributed by atoms with Crippen LogP contribution < -0.4 is 5.73 Å². The van der Waals surface area contributed by atoms with Crippen molar-refractivity contribution < 1.29 is 4.79 Å². The van der Waals surface area contributed by atoms with Crippen LogP contribution in [-0.2, 0) is 4.79 Å². The monoisotopic (exact) mass is 181 g/mol. The molecule has 0 fully saturated rings. The Morgan fingerprint density at radius 3 is 2.38 bits per heavy atom. The number of carbonyl (C=O) groups excluding carboxylic acids is 1. The zero-order chi connectivity index (χ0) is 10.0. The van der Waals surface area contributed by atoms with Gasteiger partial charge in [0.15, 0.2) is 0 Å². The summed E-state index contributed by atoms with van der Waals surface area (Å²) in [5.74, 6) is 1.00. The van der Waals surface area contributed by atoms with Crippen molar-refractivity contribution in [3.05, 3.63) is 12.2 Å². The SMILES string of the molecule is CC(C)C(C)C(=O)C1C=CC(N)C1. The third-order valence-electron chi connectivity index (χ3n) is 2.93. The minimum atomic E-state index is 0.0763. The number of rotatable bonds is 3. The third-order valence-corrected chi connectivity index (χ3v) is 2.93. The highest BCUT2D eigenvalue weighted by molar-refractivity contribution is 5.85. The molecule has 3 atom stereocenters. The predicted octanol–water partition coefficient (Wildman–Crippen LogP) is 1.75. The number of Topliss-reactive ketones (excluding diaryl/α,β-unsaturated/α-hetero) is 1. The first-order valence-electron chi connectivity index (χ1n) is 5.00. The number of carbonyl (C=O) groups is 1. The molecule has 1 aliphatic carbocycles. The molecule has 0 amide bonds. The molecule has 2 heteroatoms. The largest absolute Gasteiger partial charge is 0.324 e. The molecule has 0 saturated carbocycles. The minimum Gasteiger partial charge on any atom is -0.324 e. The molecular weight excluding hydrogens is 162 g/mol. The van der Waals surface area contributed by atoms with Crippen molar-refractivity contribution in [3.63, 3.8) is 0 Å². The maximum absolute atomic E-state index is 11.8. The summed E-state index contributed by atoms with van der Waals surface area (Å²) < 4.78 is 0. The molecule has 0 bridgehead atoms. The molecule has 0 spiro atoms. The summed E-state index contributed by atoms with van der Waals surface area (Å²) in [6.07, 6.45) is 4.71. The lowest BCUT2D eigenvalue weighted by molar-refractivity contribution is -0.126. The lowest BCUT2D eigenvalue weighted by Gasteiger charge is -2.17. The first-order valence-corrected chi connectivity index (χ1v) is 5.00. The van der Waals surface area contributed by atoms with Crippen LogP contribution in [0.4, 0.5) is 0 Å². The van der Waals surface area contributed by atoms with Gasteiger partial charge in [-0.05, 0) is 12.3 Å². The van der Waals surface area contributed by atoms with Crippen molar-refractivity contribution >= 4 is 5.78 Å². The highest BCUT2D eigenvalue weighted by atomic mass is 16.1. The van der Waals surface area contributed by atoms with Crippen molar-refractivity contribution in [2.24, 2.45) is 23.5 Å². The fourth-order valence-electron chi connectivity index (χ4n) is 1.60. The number of hydrogen-bond donors (Lipinski definition) is 1. The zero-order valence-electron chi connectivity index (χ0n) is 8.66. The van der Waals surface area contributed by atoms with Crippen molar-refractivity contribution in [1.29, 1.82) is 0 Å². The van der Waals surface area contributed by atoms with E-state index in [1.165, 1.54) is 0 Å². The van der Waals surface area contributed by atoms with Gasteiger partial charge in [-0.3, -0.25) is 4.79 Å². The third kappa shape index (κ3) is 2.41. The second kappa shape index (κ2) is 4.05. The van der Waals surface area contributed by atoms with Gasteiger partial charge < -0.3 is 5.73 Å². The number of ketones is 1. The van der Waals surface area contributed by atoms with Gasteiger partial charge in [-0.1, -0.05) is 32.9 Å². The van der Waals surface area contributed by atoms with E-state index >= 15 is 0 Å². The van der Waals surface area contributed by atoms with Crippen molar-refractivity contribution in [1.82, 2.24) is 0 Å². The molecule has 1 aliphatic rings. The maximum Gasteiger partial charge on any atom is 0.142 e. The first-order chi connectivity index (χ1) is 6.02. The van der Waals surface area contributed by atoms with Gasteiger partial charge in [0.1, 0.15) is 5.78 Å². The quantitative estimate of drug-likeness (QED) is 0.674. The molecule has 3 unspecified atom stereocenters. The molecule has 0 aliphatic heterocycles. The van der Waals surface area contributed by atoms with Crippen LogP contribution in [0.25, 0.3) is 0 Å². The summed E-state index contributed by atoms with van der Waals surface area (Å²) in [5.41, 5.74) is 5.70. The molecule has 74 valence electrons. The fraction of sp³-hybridized carbons (Fsp3) is 0.727. The van der Waals surface area contributed by atoms with E-state index in [-0.39, 0.29) is 17.9 Å². The second-order valence-corrected chi connectivity index (χ2v) is 4.33. The predicted molar refractivity (Wildman–Crippen MR) is 54.2 cm³/mol. The van der Waals surface area contributed by atoms with Crippen molar-refractivity contribution in [2.75, 3.05) is 0 Å². The van der Waals surface area contributed by atoms with E-state index in [1.54, 1.807) is 0 Å². The molecular formula is C11H19NO. The lowest BCUT2D eigenvalue weighted by atomic mass is 9.86. The molecule has 0 aromatic heterocycles. The smallest absolute Gasteiger partial charge is 0.142 e. The van der Waals surface area contributed by atoms with Crippen LogP contribution in [0.5, 0.6) is 0 Å². The summed E-state index contributed by atoms with van der Waals surface area (Å²) in [5, 5.41) is 0. The molecule has 2 N–H and O–H groups in total. The Morgan fingerprint density at radius 2 is 2.00 bits per heavy atom. The molecule has 0 aromatic carbocycles. The maximum atomic E-state index is 11.8. The minimum absolute atomic E-state index is 0.0763. The Balaban J connectivity index is 2.54. The van der Waals surface area contributed by atoms with Crippen LogP contribution in [0.3, 0.4) is 0 Å². The Hall–Kier alpha value is -0.630. The van der Waals surface area contributed by atoms with Crippen LogP contribution in [0.2, 0.25) is 0 Å². The molecule has 0 radical (unpaired) electrons. The van der Waals surface area contributed by atoms with Crippen molar-refractivity contribution in [3.8, 4) is 0 Å². The Bertz CT molecular complexity index is 220. The van der Waals surface area contributed by atoms with Gasteiger partial charge in [0, 0.05) is 17.9 Å². The number of hydrogen-bond acceptors (Lipinski definition) is 2. The van der Waals surface area contributed by atoms with Gasteiger partial charge in [0.2, 0.25) is 0 Å². The van der Waals surface area contributed by atoms with Gasteiger partial charge in [-0.15, -0.1) is 0 Å². The second-order valence-electron chi connectivity index (χ2n) is 4.33. The molecule has 13 heavy (non-hydrogen) atoms. The molecule has 2 nitrogen and oxygen atoms in total. The van der Waals surface area contributed by atoms with Crippen LogP contribution in [0.15, 0.2) is 12.2 Å². The summed E-state index contributed by atoms with van der Waals surface area (Å²) in [6.45, 7) is 6.17. The molecule has 0 aromatic rings. The van der Waals surface area contributed by atoms with E-state index in [1.807, 2.05) is 19.1 Å². The number of nitrogens with two attached hydrogens (primary N) is 1. The summed E-state index contributed by atoms with van der Waals surface area (Å²) in [7, 11) is 0. The van der Waals surface area contributed by atoms with Gasteiger partial charge in [0.05, 0.1) is 0 Å². The molecule has 0 heterocycles.